The Labute approximate surface area is 355 Å². The molecule has 0 aliphatic carbocycles. The average molecular weight is 898 g/mol. The molecule has 334 valence electrons. The van der Waals surface area contributed by atoms with Crippen LogP contribution in [-0.2, 0) is 51.2 Å². The Bertz CT molecular complexity index is 2000. The van der Waals surface area contributed by atoms with Crippen molar-refractivity contribution < 1.29 is 79.2 Å². The summed E-state index contributed by atoms with van der Waals surface area (Å²) in [6.07, 6.45) is -1.00. The van der Waals surface area contributed by atoms with Crippen LogP contribution < -0.4 is 38.1 Å². The molecular weight excluding hydrogens is 851 g/mol. The molecule has 1 heterocycles. The van der Waals surface area contributed by atoms with Crippen LogP contribution in [0.15, 0.2) is 28.0 Å². The summed E-state index contributed by atoms with van der Waals surface area (Å²) in [6.45, 7) is -1.25. The van der Waals surface area contributed by atoms with Gasteiger partial charge in [0, 0.05) is 35.3 Å². The molecule has 2 aromatic rings. The van der Waals surface area contributed by atoms with Crippen molar-refractivity contribution in [2.24, 2.45) is 11.5 Å². The zero-order chi connectivity index (χ0) is 45.6. The van der Waals surface area contributed by atoms with Gasteiger partial charge in [0.25, 0.3) is 0 Å². The van der Waals surface area contributed by atoms with E-state index in [1.54, 1.807) is 0 Å². The molecule has 1 aliphatic rings. The molecule has 0 bridgehead atoms. The summed E-state index contributed by atoms with van der Waals surface area (Å²) in [5.41, 5.74) is 12.3. The Balaban J connectivity index is 1.94. The summed E-state index contributed by atoms with van der Waals surface area (Å²) in [4.78, 5) is 96.4. The molecule has 3 rings (SSSR count). The van der Waals surface area contributed by atoms with Gasteiger partial charge < -0.3 is 78.9 Å². The summed E-state index contributed by atoms with van der Waals surface area (Å²) in [5, 5.41) is 91.6. The van der Waals surface area contributed by atoms with Gasteiger partial charge in [0.2, 0.25) is 23.6 Å². The van der Waals surface area contributed by atoms with Crippen molar-refractivity contribution >= 4 is 71.0 Å². The van der Waals surface area contributed by atoms with Crippen LogP contribution in [0.1, 0.15) is 48.4 Å². The SMILES string of the molecule is N[C@@H](CCC(=O)N[C@@H](CSc1c(O)c(O)cc2c1C(Cc1cc(O)c(O)cc1SC[C@@H](NC(=O)CC[C@H](N)C(=O)O)C(=O)NCC(=O)O)NCC2)C(=O)NCC(=O)O)C(=O)O. The maximum atomic E-state index is 13.1. The third-order valence-corrected chi connectivity index (χ3v) is 11.4. The van der Waals surface area contributed by atoms with Crippen molar-refractivity contribution in [2.75, 3.05) is 31.1 Å². The van der Waals surface area contributed by atoms with E-state index in [4.69, 9.17) is 31.9 Å². The van der Waals surface area contributed by atoms with Crippen LogP contribution in [0.25, 0.3) is 0 Å². The highest BCUT2D eigenvalue weighted by Crippen LogP contribution is 2.46. The van der Waals surface area contributed by atoms with E-state index in [9.17, 15) is 58.8 Å². The first-order valence-corrected chi connectivity index (χ1v) is 20.3. The predicted octanol–water partition coefficient (Wildman–Crippen LogP) is -2.12. The number of nitrogens with two attached hydrogens (primary N) is 2. The molecule has 0 saturated heterocycles. The van der Waals surface area contributed by atoms with E-state index >= 15 is 0 Å². The number of carboxylic acids is 4. The Hall–Kier alpha value is -6.02. The minimum atomic E-state index is -1.43. The molecule has 5 atom stereocenters. The van der Waals surface area contributed by atoms with E-state index in [0.29, 0.717) is 29.7 Å². The molecule has 0 saturated carbocycles. The zero-order valence-corrected chi connectivity index (χ0v) is 33.8. The van der Waals surface area contributed by atoms with Gasteiger partial charge in [0.15, 0.2) is 23.0 Å². The highest BCUT2D eigenvalue weighted by atomic mass is 32.2. The van der Waals surface area contributed by atoms with Gasteiger partial charge in [-0.3, -0.25) is 38.4 Å². The van der Waals surface area contributed by atoms with Crippen molar-refractivity contribution in [1.82, 2.24) is 26.6 Å². The Morgan fingerprint density at radius 2 is 1.20 bits per heavy atom. The number of carboxylic acid groups (broad SMARTS) is 4. The maximum Gasteiger partial charge on any atom is 0.322 e. The van der Waals surface area contributed by atoms with Crippen molar-refractivity contribution in [3.63, 3.8) is 0 Å². The summed E-state index contributed by atoms with van der Waals surface area (Å²) in [7, 11) is 0. The lowest BCUT2D eigenvalue weighted by atomic mass is 9.89. The average Bonchev–Trinajstić information content (AvgIpc) is 3.19. The van der Waals surface area contributed by atoms with E-state index in [1.807, 2.05) is 0 Å². The number of rotatable bonds is 24. The number of hydrogen-bond acceptors (Lipinski definition) is 17. The fourth-order valence-corrected chi connectivity index (χ4v) is 8.18. The van der Waals surface area contributed by atoms with Crippen molar-refractivity contribution in [3.8, 4) is 23.0 Å². The van der Waals surface area contributed by atoms with Crippen molar-refractivity contribution in [1.29, 1.82) is 0 Å². The van der Waals surface area contributed by atoms with Crippen LogP contribution in [0.4, 0.5) is 0 Å². The Morgan fingerprint density at radius 3 is 1.69 bits per heavy atom. The van der Waals surface area contributed by atoms with Crippen LogP contribution in [0.5, 0.6) is 23.0 Å². The van der Waals surface area contributed by atoms with Crippen LogP contribution in [0, 0.1) is 0 Å². The summed E-state index contributed by atoms with van der Waals surface area (Å²) >= 11 is 1.75. The van der Waals surface area contributed by atoms with Crippen LogP contribution in [0.3, 0.4) is 0 Å². The molecule has 1 unspecified atom stereocenters. The number of carbonyl (C=O) groups is 8. The van der Waals surface area contributed by atoms with Gasteiger partial charge in [-0.15, -0.1) is 23.5 Å². The number of fused-ring (bicyclic) bond motifs is 1. The highest BCUT2D eigenvalue weighted by molar-refractivity contribution is 7.99. The first kappa shape index (κ1) is 49.3. The van der Waals surface area contributed by atoms with Gasteiger partial charge in [-0.25, -0.2) is 0 Å². The maximum absolute atomic E-state index is 13.1. The lowest BCUT2D eigenvalue weighted by Crippen LogP contribution is -2.49. The number of thioether (sulfide) groups is 2. The van der Waals surface area contributed by atoms with E-state index in [-0.39, 0.29) is 47.0 Å². The van der Waals surface area contributed by atoms with Crippen molar-refractivity contribution in [2.45, 2.75) is 78.5 Å². The van der Waals surface area contributed by atoms with Crippen molar-refractivity contribution in [3.05, 3.63) is 34.9 Å². The Morgan fingerprint density at radius 1 is 0.705 bits per heavy atom. The normalized spacial score (nSPS) is 15.2. The zero-order valence-electron chi connectivity index (χ0n) is 32.2. The second kappa shape index (κ2) is 23.1. The third kappa shape index (κ3) is 15.2. The van der Waals surface area contributed by atoms with Gasteiger partial charge in [-0.05, 0) is 67.1 Å². The van der Waals surface area contributed by atoms with E-state index in [0.717, 1.165) is 23.5 Å². The largest absolute Gasteiger partial charge is 0.504 e. The molecule has 1 aliphatic heterocycles. The molecule has 4 amide bonds. The standard InChI is InChI=1S/C36H47N7O16S2/c37-17(35(56)57)1-3-26(47)42-20(33(54)40-11-28(49)50)13-60-25-10-23(45)22(44)9-16(25)7-19-30-15(5-6-39-19)8-24(46)31(53)32(30)61-14-21(34(55)41-12-29(51)52)43-27(48)4-2-18(38)36(58)59/h8-10,17-21,39,44-46,53H,1-7,11-14,37-38H2,(H,40,54)(H,41,55)(H,42,47)(H,43,48)(H,49,50)(H,51,52)(H,56,57)(H,58,59)/t17-,18-,19?,20+,21-/m0/s1. The molecule has 17 N–H and O–H groups in total. The molecule has 0 fully saturated rings. The highest BCUT2D eigenvalue weighted by Gasteiger charge is 2.31. The van der Waals surface area contributed by atoms with Crippen LogP contribution in [-0.4, -0.2) is 144 Å². The fraction of sp³-hybridized carbons (Fsp3) is 0.444. The molecular formula is C36H47N7O16S2. The number of phenols is 4. The second-order valence-electron chi connectivity index (χ2n) is 13.6. The van der Waals surface area contributed by atoms with E-state index < -0.39 is 120 Å². The number of aliphatic carboxylic acids is 4. The minimum absolute atomic E-state index is 0.000638. The summed E-state index contributed by atoms with van der Waals surface area (Å²) in [6, 6.07) is -2.51. The topological polar surface area (TPSA) is 411 Å². The molecule has 0 spiro atoms. The number of hydrogen-bond donors (Lipinski definition) is 15. The molecule has 23 nitrogen and oxygen atoms in total. The molecule has 2 aromatic carbocycles. The molecule has 25 heteroatoms. The van der Waals surface area contributed by atoms with Gasteiger partial charge in [-0.2, -0.15) is 0 Å². The molecule has 0 aromatic heterocycles. The minimum Gasteiger partial charge on any atom is -0.504 e. The monoisotopic (exact) mass is 897 g/mol. The number of aromatic hydroxyl groups is 4. The Kier molecular flexibility index (Phi) is 18.7. The molecule has 0 radical (unpaired) electrons. The lowest BCUT2D eigenvalue weighted by molar-refractivity contribution is -0.140. The second-order valence-corrected chi connectivity index (χ2v) is 15.7. The van der Waals surface area contributed by atoms with Gasteiger partial charge in [0.1, 0.15) is 37.3 Å². The van der Waals surface area contributed by atoms with E-state index in [2.05, 4.69) is 26.6 Å². The van der Waals surface area contributed by atoms with Crippen LogP contribution in [0.2, 0.25) is 0 Å². The number of nitrogens with one attached hydrogen (secondary N) is 5. The first-order valence-electron chi connectivity index (χ1n) is 18.3. The first-order chi connectivity index (χ1) is 28.7. The number of benzene rings is 2. The smallest absolute Gasteiger partial charge is 0.322 e. The summed E-state index contributed by atoms with van der Waals surface area (Å²) < 4.78 is 0. The number of phenolic OH excluding ortho intramolecular Hbond substituents is 4. The summed E-state index contributed by atoms with van der Waals surface area (Å²) in [5.74, 6) is -11.6. The quantitative estimate of drug-likeness (QED) is 0.0395. The van der Waals surface area contributed by atoms with Gasteiger partial charge in [0.05, 0.1) is 4.90 Å². The lowest BCUT2D eigenvalue weighted by Gasteiger charge is -2.31. The van der Waals surface area contributed by atoms with Crippen LogP contribution >= 0.6 is 23.5 Å². The van der Waals surface area contributed by atoms with E-state index in [1.165, 1.54) is 18.2 Å². The fourth-order valence-electron chi connectivity index (χ4n) is 5.84. The van der Waals surface area contributed by atoms with Gasteiger partial charge >= 0.3 is 23.9 Å². The predicted molar refractivity (Wildman–Crippen MR) is 214 cm³/mol. The number of amides is 4. The third-order valence-electron chi connectivity index (χ3n) is 9.00. The number of carbonyl (C=O) groups excluding carboxylic acids is 4. The molecule has 61 heavy (non-hydrogen) atoms. The van der Waals surface area contributed by atoms with Gasteiger partial charge in [-0.1, -0.05) is 0 Å².